The molecule has 6 nitrogen and oxygen atoms in total. The van der Waals surface area contributed by atoms with Crippen LogP contribution in [0.25, 0.3) is 0 Å². The summed E-state index contributed by atoms with van der Waals surface area (Å²) in [6.07, 6.45) is 3.02. The maximum atomic E-state index is 12.4. The molecule has 0 aliphatic rings. The second kappa shape index (κ2) is 8.41. The Labute approximate surface area is 165 Å². The van der Waals surface area contributed by atoms with E-state index in [0.29, 0.717) is 29.8 Å². The first kappa shape index (κ1) is 19.2. The monoisotopic (exact) mass is 431 g/mol. The molecule has 0 aliphatic carbocycles. The first-order valence-electron chi connectivity index (χ1n) is 7.56. The van der Waals surface area contributed by atoms with Crippen LogP contribution in [0.2, 0.25) is 8.67 Å². The van der Waals surface area contributed by atoms with Gasteiger partial charge < -0.3 is 4.74 Å². The number of halogens is 2. The zero-order chi connectivity index (χ0) is 18.6. The van der Waals surface area contributed by atoms with Crippen LogP contribution in [0.5, 0.6) is 0 Å². The number of benzene rings is 1. The van der Waals surface area contributed by atoms with E-state index in [-0.39, 0.29) is 9.23 Å². The zero-order valence-corrected chi connectivity index (χ0v) is 16.6. The molecule has 10 heteroatoms. The van der Waals surface area contributed by atoms with Gasteiger partial charge in [0.15, 0.2) is 0 Å². The molecular formula is C16H15Cl2N3O3S2. The minimum absolute atomic E-state index is 0.0480. The summed E-state index contributed by atoms with van der Waals surface area (Å²) in [6.45, 7) is 1.47. The Kier molecular flexibility index (Phi) is 6.20. The SMILES string of the molecule is O=S(=O)(Nc1cnn(CCOCc2ccccc2)c1)c1cc(Cl)sc1Cl. The summed E-state index contributed by atoms with van der Waals surface area (Å²) in [5.41, 5.74) is 1.43. The Morgan fingerprint density at radius 3 is 2.69 bits per heavy atom. The van der Waals surface area contributed by atoms with Gasteiger partial charge in [-0.25, -0.2) is 8.42 Å². The molecule has 0 atom stereocenters. The van der Waals surface area contributed by atoms with Crippen molar-refractivity contribution in [1.82, 2.24) is 9.78 Å². The van der Waals surface area contributed by atoms with E-state index in [4.69, 9.17) is 27.9 Å². The van der Waals surface area contributed by atoms with Gasteiger partial charge in [-0.3, -0.25) is 9.40 Å². The lowest BCUT2D eigenvalue weighted by molar-refractivity contribution is 0.111. The summed E-state index contributed by atoms with van der Waals surface area (Å²) in [5, 5.41) is 4.12. The summed E-state index contributed by atoms with van der Waals surface area (Å²) in [6, 6.07) is 11.2. The van der Waals surface area contributed by atoms with Crippen LogP contribution in [-0.4, -0.2) is 24.8 Å². The van der Waals surface area contributed by atoms with Crippen LogP contribution in [0.3, 0.4) is 0 Å². The number of aromatic nitrogens is 2. The summed E-state index contributed by atoms with van der Waals surface area (Å²) in [5.74, 6) is 0. The molecule has 0 bridgehead atoms. The minimum atomic E-state index is -3.81. The standard InChI is InChI=1S/C16H15Cl2N3O3S2/c17-15-8-14(16(18)25-15)26(22,23)20-13-9-19-21(10-13)6-7-24-11-12-4-2-1-3-5-12/h1-5,8-10,20H,6-7,11H2. The molecule has 0 radical (unpaired) electrons. The van der Waals surface area contributed by atoms with Crippen LogP contribution < -0.4 is 4.72 Å². The topological polar surface area (TPSA) is 73.2 Å². The fraction of sp³-hybridized carbons (Fsp3) is 0.188. The van der Waals surface area contributed by atoms with Gasteiger partial charge in [-0.1, -0.05) is 53.5 Å². The Hall–Kier alpha value is -1.58. The van der Waals surface area contributed by atoms with Crippen molar-refractivity contribution < 1.29 is 13.2 Å². The fourth-order valence-corrected chi connectivity index (χ4v) is 5.36. The number of thiophene rings is 1. The van der Waals surface area contributed by atoms with E-state index in [1.54, 1.807) is 10.9 Å². The summed E-state index contributed by atoms with van der Waals surface area (Å²) < 4.78 is 34.8. The number of hydrogen-bond donors (Lipinski definition) is 1. The fourth-order valence-electron chi connectivity index (χ4n) is 2.18. The molecular weight excluding hydrogens is 417 g/mol. The lowest BCUT2D eigenvalue weighted by Crippen LogP contribution is -2.12. The molecule has 1 aromatic carbocycles. The van der Waals surface area contributed by atoms with Crippen LogP contribution in [-0.2, 0) is 27.9 Å². The summed E-state index contributed by atoms with van der Waals surface area (Å²) in [4.78, 5) is -0.0480. The first-order valence-corrected chi connectivity index (χ1v) is 10.6. The zero-order valence-electron chi connectivity index (χ0n) is 13.4. The van der Waals surface area contributed by atoms with Crippen molar-refractivity contribution in [1.29, 1.82) is 0 Å². The molecule has 0 amide bonds. The number of nitrogens with one attached hydrogen (secondary N) is 1. The van der Waals surface area contributed by atoms with Gasteiger partial charge in [-0.05, 0) is 11.6 Å². The lowest BCUT2D eigenvalue weighted by Gasteiger charge is -2.05. The molecule has 3 rings (SSSR count). The second-order valence-electron chi connectivity index (χ2n) is 5.32. The number of nitrogens with zero attached hydrogens (tertiary/aromatic N) is 2. The van der Waals surface area contributed by atoms with E-state index in [1.165, 1.54) is 12.3 Å². The maximum Gasteiger partial charge on any atom is 0.264 e. The number of anilines is 1. The van der Waals surface area contributed by atoms with Crippen LogP contribution >= 0.6 is 34.5 Å². The predicted octanol–water partition coefficient (Wildman–Crippen LogP) is 4.27. The summed E-state index contributed by atoms with van der Waals surface area (Å²) in [7, 11) is -3.81. The Balaban J connectivity index is 1.54. The molecule has 0 spiro atoms. The van der Waals surface area contributed by atoms with E-state index in [0.717, 1.165) is 16.9 Å². The second-order valence-corrected chi connectivity index (χ2v) is 9.26. The molecule has 138 valence electrons. The smallest absolute Gasteiger partial charge is 0.264 e. The van der Waals surface area contributed by atoms with Crippen LogP contribution in [0.1, 0.15) is 5.56 Å². The largest absolute Gasteiger partial charge is 0.375 e. The normalized spacial score (nSPS) is 11.6. The van der Waals surface area contributed by atoms with Crippen molar-refractivity contribution in [3.8, 4) is 0 Å². The van der Waals surface area contributed by atoms with Gasteiger partial charge in [0.2, 0.25) is 0 Å². The Morgan fingerprint density at radius 2 is 2.00 bits per heavy atom. The van der Waals surface area contributed by atoms with Gasteiger partial charge in [-0.15, -0.1) is 11.3 Å². The number of hydrogen-bond acceptors (Lipinski definition) is 5. The van der Waals surface area contributed by atoms with E-state index in [9.17, 15) is 8.42 Å². The van der Waals surface area contributed by atoms with Crippen LogP contribution in [0, 0.1) is 0 Å². The predicted molar refractivity (Wildman–Crippen MR) is 103 cm³/mol. The van der Waals surface area contributed by atoms with Gasteiger partial charge in [0.1, 0.15) is 9.23 Å². The highest BCUT2D eigenvalue weighted by atomic mass is 35.5. The molecule has 1 N–H and O–H groups in total. The van der Waals surface area contributed by atoms with E-state index < -0.39 is 10.0 Å². The van der Waals surface area contributed by atoms with Gasteiger partial charge in [0.25, 0.3) is 10.0 Å². The van der Waals surface area contributed by atoms with Crippen molar-refractivity contribution in [3.63, 3.8) is 0 Å². The highest BCUT2D eigenvalue weighted by Gasteiger charge is 2.21. The van der Waals surface area contributed by atoms with E-state index in [1.807, 2.05) is 30.3 Å². The molecule has 26 heavy (non-hydrogen) atoms. The lowest BCUT2D eigenvalue weighted by atomic mass is 10.2. The third kappa shape index (κ3) is 4.99. The van der Waals surface area contributed by atoms with Crippen molar-refractivity contribution >= 4 is 50.2 Å². The van der Waals surface area contributed by atoms with Crippen LogP contribution in [0.15, 0.2) is 53.7 Å². The highest BCUT2D eigenvalue weighted by Crippen LogP contribution is 2.35. The average molecular weight is 432 g/mol. The van der Waals surface area contributed by atoms with Gasteiger partial charge in [0.05, 0.1) is 36.0 Å². The van der Waals surface area contributed by atoms with Crippen molar-refractivity contribution in [2.45, 2.75) is 18.0 Å². The van der Waals surface area contributed by atoms with Gasteiger partial charge in [-0.2, -0.15) is 5.10 Å². The molecule has 2 aromatic heterocycles. The molecule has 0 aliphatic heterocycles. The number of sulfonamides is 1. The minimum Gasteiger partial charge on any atom is -0.375 e. The maximum absolute atomic E-state index is 12.4. The highest BCUT2D eigenvalue weighted by molar-refractivity contribution is 7.93. The molecule has 3 aromatic rings. The molecule has 0 fully saturated rings. The number of rotatable bonds is 8. The first-order chi connectivity index (χ1) is 12.4. The third-order valence-electron chi connectivity index (χ3n) is 3.38. The molecule has 0 saturated carbocycles. The van der Waals surface area contributed by atoms with Crippen LogP contribution in [0.4, 0.5) is 5.69 Å². The Bertz CT molecular complexity index is 972. The summed E-state index contributed by atoms with van der Waals surface area (Å²) >= 11 is 12.7. The molecule has 0 saturated heterocycles. The average Bonchev–Trinajstić information content (AvgIpc) is 3.18. The Morgan fingerprint density at radius 1 is 1.23 bits per heavy atom. The van der Waals surface area contributed by atoms with Gasteiger partial charge in [0, 0.05) is 6.20 Å². The van der Waals surface area contributed by atoms with Crippen molar-refractivity contribution in [3.05, 3.63) is 63.0 Å². The van der Waals surface area contributed by atoms with Crippen molar-refractivity contribution in [2.75, 3.05) is 11.3 Å². The van der Waals surface area contributed by atoms with Crippen molar-refractivity contribution in [2.24, 2.45) is 0 Å². The van der Waals surface area contributed by atoms with E-state index >= 15 is 0 Å². The quantitative estimate of drug-likeness (QED) is 0.540. The molecule has 2 heterocycles. The molecule has 0 unspecified atom stereocenters. The third-order valence-corrected chi connectivity index (χ3v) is 6.51. The van der Waals surface area contributed by atoms with E-state index in [2.05, 4.69) is 9.82 Å². The number of ether oxygens (including phenoxy) is 1. The van der Waals surface area contributed by atoms with Gasteiger partial charge >= 0.3 is 0 Å².